The Morgan fingerprint density at radius 2 is 2.16 bits per heavy atom. The second-order valence-electron chi connectivity index (χ2n) is 4.95. The first kappa shape index (κ1) is 12.0. The van der Waals surface area contributed by atoms with Crippen LogP contribution in [0.1, 0.15) is 23.7 Å². The Morgan fingerprint density at radius 1 is 1.37 bits per heavy atom. The van der Waals surface area contributed by atoms with Crippen LogP contribution in [-0.4, -0.2) is 11.1 Å². The molecule has 1 aliphatic rings. The molecule has 0 amide bonds. The summed E-state index contributed by atoms with van der Waals surface area (Å²) in [4.78, 5) is 10.8. The van der Waals surface area contributed by atoms with Crippen LogP contribution in [0, 0.1) is 18.7 Å². The van der Waals surface area contributed by atoms with Crippen molar-refractivity contribution < 1.29 is 18.7 Å². The molecule has 4 heteroatoms. The Balaban J connectivity index is 1.88. The molecule has 3 nitrogen and oxygen atoms in total. The topological polar surface area (TPSA) is 50.4 Å². The van der Waals surface area contributed by atoms with E-state index in [9.17, 15) is 9.18 Å². The van der Waals surface area contributed by atoms with Crippen molar-refractivity contribution in [1.82, 2.24) is 0 Å². The summed E-state index contributed by atoms with van der Waals surface area (Å²) < 4.78 is 18.8. The standard InChI is InChI=1S/C15H13FO3/c1-8-6-9(16)2-3-10(8)13-4-5-14(19-13)11-7-12(11)15(17)18/h2-6,11-12H,7H2,1H3,(H,17,18)/t11-,12-/m0/s1. The van der Waals surface area contributed by atoms with Gasteiger partial charge in [0.15, 0.2) is 0 Å². The van der Waals surface area contributed by atoms with Crippen molar-refractivity contribution in [2.45, 2.75) is 19.3 Å². The van der Waals surface area contributed by atoms with Crippen molar-refractivity contribution in [3.63, 3.8) is 0 Å². The van der Waals surface area contributed by atoms with Gasteiger partial charge in [-0.25, -0.2) is 4.39 Å². The zero-order valence-electron chi connectivity index (χ0n) is 10.4. The minimum atomic E-state index is -0.777. The fourth-order valence-corrected chi connectivity index (χ4v) is 2.38. The van der Waals surface area contributed by atoms with Gasteiger partial charge >= 0.3 is 5.97 Å². The predicted molar refractivity (Wildman–Crippen MR) is 67.3 cm³/mol. The molecule has 1 aromatic carbocycles. The highest BCUT2D eigenvalue weighted by molar-refractivity contribution is 5.75. The minimum Gasteiger partial charge on any atom is -0.481 e. The number of benzene rings is 1. The summed E-state index contributed by atoms with van der Waals surface area (Å²) >= 11 is 0. The van der Waals surface area contributed by atoms with Crippen LogP contribution in [0.4, 0.5) is 4.39 Å². The second-order valence-corrected chi connectivity index (χ2v) is 4.95. The van der Waals surface area contributed by atoms with Crippen molar-refractivity contribution in [1.29, 1.82) is 0 Å². The molecule has 3 rings (SSSR count). The van der Waals surface area contributed by atoms with E-state index in [1.54, 1.807) is 6.07 Å². The lowest BCUT2D eigenvalue weighted by molar-refractivity contribution is -0.138. The second kappa shape index (κ2) is 4.23. The zero-order valence-corrected chi connectivity index (χ0v) is 10.4. The van der Waals surface area contributed by atoms with Crippen LogP contribution in [0.25, 0.3) is 11.3 Å². The maximum Gasteiger partial charge on any atom is 0.307 e. The van der Waals surface area contributed by atoms with Crippen LogP contribution in [0.2, 0.25) is 0 Å². The number of rotatable bonds is 3. The molecule has 0 saturated heterocycles. The predicted octanol–water partition coefficient (Wildman–Crippen LogP) is 3.58. The number of carboxylic acid groups (broad SMARTS) is 1. The van der Waals surface area contributed by atoms with E-state index in [1.165, 1.54) is 12.1 Å². The number of carbonyl (C=O) groups is 1. The maximum atomic E-state index is 13.1. The third-order valence-electron chi connectivity index (χ3n) is 3.55. The number of halogens is 1. The van der Waals surface area contributed by atoms with Gasteiger partial charge in [-0.2, -0.15) is 0 Å². The van der Waals surface area contributed by atoms with E-state index in [2.05, 4.69) is 0 Å². The van der Waals surface area contributed by atoms with Gasteiger partial charge in [-0.15, -0.1) is 0 Å². The molecule has 0 aliphatic heterocycles. The Hall–Kier alpha value is -2.10. The number of aliphatic carboxylic acids is 1. The summed E-state index contributed by atoms with van der Waals surface area (Å²) in [6.07, 6.45) is 0.630. The third kappa shape index (κ3) is 2.14. The van der Waals surface area contributed by atoms with E-state index in [0.717, 1.165) is 11.1 Å². The van der Waals surface area contributed by atoms with E-state index in [0.29, 0.717) is 17.9 Å². The van der Waals surface area contributed by atoms with E-state index in [-0.39, 0.29) is 17.7 Å². The van der Waals surface area contributed by atoms with E-state index < -0.39 is 5.97 Å². The summed E-state index contributed by atoms with van der Waals surface area (Å²) in [5, 5.41) is 8.90. The molecule has 1 heterocycles. The highest BCUT2D eigenvalue weighted by atomic mass is 19.1. The lowest BCUT2D eigenvalue weighted by Crippen LogP contribution is -1.98. The van der Waals surface area contributed by atoms with Gasteiger partial charge in [-0.05, 0) is 49.2 Å². The molecule has 2 aromatic rings. The van der Waals surface area contributed by atoms with Crippen molar-refractivity contribution >= 4 is 5.97 Å². The highest BCUT2D eigenvalue weighted by Gasteiger charge is 2.46. The molecule has 19 heavy (non-hydrogen) atoms. The van der Waals surface area contributed by atoms with Gasteiger partial charge < -0.3 is 9.52 Å². The van der Waals surface area contributed by atoms with Crippen molar-refractivity contribution in [3.05, 3.63) is 47.5 Å². The van der Waals surface area contributed by atoms with Gasteiger partial charge in [0.2, 0.25) is 0 Å². The Labute approximate surface area is 109 Å². The summed E-state index contributed by atoms with van der Waals surface area (Å²) in [5.41, 5.74) is 1.63. The first-order chi connectivity index (χ1) is 9.06. The molecule has 1 aliphatic carbocycles. The van der Waals surface area contributed by atoms with Crippen LogP contribution in [0.3, 0.4) is 0 Å². The maximum absolute atomic E-state index is 13.1. The first-order valence-corrected chi connectivity index (χ1v) is 6.15. The molecule has 0 spiro atoms. The fraction of sp³-hybridized carbons (Fsp3) is 0.267. The zero-order chi connectivity index (χ0) is 13.6. The number of hydrogen-bond donors (Lipinski definition) is 1. The molecule has 2 atom stereocenters. The molecule has 1 N–H and O–H groups in total. The normalized spacial score (nSPS) is 21.4. The largest absolute Gasteiger partial charge is 0.481 e. The van der Waals surface area contributed by atoms with E-state index in [4.69, 9.17) is 9.52 Å². The first-order valence-electron chi connectivity index (χ1n) is 6.15. The smallest absolute Gasteiger partial charge is 0.307 e. The van der Waals surface area contributed by atoms with Gasteiger partial charge in [0, 0.05) is 11.5 Å². The molecule has 98 valence electrons. The van der Waals surface area contributed by atoms with Crippen molar-refractivity contribution in [2.24, 2.45) is 5.92 Å². The van der Waals surface area contributed by atoms with Gasteiger partial charge in [-0.1, -0.05) is 0 Å². The Kier molecular flexibility index (Phi) is 2.66. The Bertz CT molecular complexity index is 645. The monoisotopic (exact) mass is 260 g/mol. The van der Waals surface area contributed by atoms with Gasteiger partial charge in [0.25, 0.3) is 0 Å². The molecule has 1 fully saturated rings. The van der Waals surface area contributed by atoms with E-state index in [1.807, 2.05) is 19.1 Å². The van der Waals surface area contributed by atoms with Crippen LogP contribution in [0.5, 0.6) is 0 Å². The highest BCUT2D eigenvalue weighted by Crippen LogP contribution is 2.48. The number of hydrogen-bond acceptors (Lipinski definition) is 2. The number of aryl methyl sites for hydroxylation is 1. The molecule has 1 saturated carbocycles. The fourth-order valence-electron chi connectivity index (χ4n) is 2.38. The summed E-state index contributed by atoms with van der Waals surface area (Å²) in [5.74, 6) is -0.0444. The van der Waals surface area contributed by atoms with E-state index >= 15 is 0 Å². The summed E-state index contributed by atoms with van der Waals surface area (Å²) in [6.45, 7) is 1.82. The SMILES string of the molecule is Cc1cc(F)ccc1-c1ccc([C@H]2C[C@@H]2C(=O)O)o1. The van der Waals surface area contributed by atoms with Gasteiger partial charge in [-0.3, -0.25) is 4.79 Å². The van der Waals surface area contributed by atoms with Crippen LogP contribution < -0.4 is 0 Å². The third-order valence-corrected chi connectivity index (χ3v) is 3.55. The van der Waals surface area contributed by atoms with Crippen LogP contribution >= 0.6 is 0 Å². The van der Waals surface area contributed by atoms with Crippen LogP contribution in [0.15, 0.2) is 34.7 Å². The van der Waals surface area contributed by atoms with Crippen LogP contribution in [-0.2, 0) is 4.79 Å². The number of furan rings is 1. The molecular formula is C15H13FO3. The average Bonchev–Trinajstić information content (AvgIpc) is 3.01. The average molecular weight is 260 g/mol. The lowest BCUT2D eigenvalue weighted by Gasteiger charge is -2.02. The lowest BCUT2D eigenvalue weighted by atomic mass is 10.1. The summed E-state index contributed by atoms with van der Waals surface area (Å²) in [6, 6.07) is 8.14. The molecule has 0 bridgehead atoms. The quantitative estimate of drug-likeness (QED) is 0.917. The van der Waals surface area contributed by atoms with Gasteiger partial charge in [0.1, 0.15) is 17.3 Å². The molecular weight excluding hydrogens is 247 g/mol. The van der Waals surface area contributed by atoms with Gasteiger partial charge in [0.05, 0.1) is 5.92 Å². The number of carboxylic acids is 1. The van der Waals surface area contributed by atoms with Crippen molar-refractivity contribution in [3.8, 4) is 11.3 Å². The Morgan fingerprint density at radius 3 is 2.79 bits per heavy atom. The minimum absolute atomic E-state index is 0.0213. The summed E-state index contributed by atoms with van der Waals surface area (Å²) in [7, 11) is 0. The molecule has 1 aromatic heterocycles. The molecule has 0 radical (unpaired) electrons. The van der Waals surface area contributed by atoms with Crippen molar-refractivity contribution in [2.75, 3.05) is 0 Å². The molecule has 0 unspecified atom stereocenters.